The first-order chi connectivity index (χ1) is 9.74. The predicted octanol–water partition coefficient (Wildman–Crippen LogP) is 2.29. The van der Waals surface area contributed by atoms with Crippen LogP contribution in [0.25, 0.3) is 0 Å². The molecule has 0 aliphatic carbocycles. The summed E-state index contributed by atoms with van der Waals surface area (Å²) in [5.41, 5.74) is 3.35. The van der Waals surface area contributed by atoms with Gasteiger partial charge in [-0.15, -0.1) is 0 Å². The van der Waals surface area contributed by atoms with Crippen LogP contribution in [0.3, 0.4) is 0 Å². The molecule has 1 atom stereocenters. The summed E-state index contributed by atoms with van der Waals surface area (Å²) in [6.07, 6.45) is 4.59. The van der Waals surface area contributed by atoms with Crippen LogP contribution >= 0.6 is 0 Å². The topological polar surface area (TPSA) is 44.4 Å². The van der Waals surface area contributed by atoms with Crippen molar-refractivity contribution >= 4 is 17.3 Å². The summed E-state index contributed by atoms with van der Waals surface area (Å²) in [7, 11) is 0. The molecule has 0 bridgehead atoms. The lowest BCUT2D eigenvalue weighted by Gasteiger charge is -2.20. The number of benzene rings is 1. The van der Waals surface area contributed by atoms with Crippen molar-refractivity contribution in [3.05, 3.63) is 23.8 Å². The normalized spacial score (nSPS) is 22.2. The Labute approximate surface area is 120 Å². The lowest BCUT2D eigenvalue weighted by atomic mass is 10.1. The minimum absolute atomic E-state index is 0.0207. The maximum absolute atomic E-state index is 12.1. The molecule has 1 aromatic carbocycles. The van der Waals surface area contributed by atoms with Crippen molar-refractivity contribution in [2.45, 2.75) is 38.6 Å². The molecule has 4 nitrogen and oxygen atoms in total. The molecule has 20 heavy (non-hydrogen) atoms. The number of nitrogens with zero attached hydrogens (tertiary/aromatic N) is 1. The number of rotatable bonds is 3. The Morgan fingerprint density at radius 1 is 1.30 bits per heavy atom. The van der Waals surface area contributed by atoms with Gasteiger partial charge >= 0.3 is 0 Å². The Hall–Kier alpha value is -1.55. The maximum atomic E-state index is 12.1. The van der Waals surface area contributed by atoms with E-state index in [4.69, 9.17) is 0 Å². The third-order valence-electron chi connectivity index (χ3n) is 4.32. The standard InChI is InChI=1S/C16H23N3O/c1-12-11-13(19-9-2-3-10-19)6-7-14(12)18-16(20)15-5-4-8-17-15/h6-7,11,15,17H,2-5,8-10H2,1H3,(H,18,20)/t15-/m0/s1. The monoisotopic (exact) mass is 273 g/mol. The highest BCUT2D eigenvalue weighted by atomic mass is 16.2. The molecule has 0 unspecified atom stereocenters. The maximum Gasteiger partial charge on any atom is 0.241 e. The Bertz CT molecular complexity index is 488. The average molecular weight is 273 g/mol. The molecule has 2 saturated heterocycles. The third kappa shape index (κ3) is 2.80. The van der Waals surface area contributed by atoms with Gasteiger partial charge in [-0.2, -0.15) is 0 Å². The summed E-state index contributed by atoms with van der Waals surface area (Å²) in [6.45, 7) is 5.32. The molecular weight excluding hydrogens is 250 g/mol. The summed E-state index contributed by atoms with van der Waals surface area (Å²) in [5.74, 6) is 0.0968. The SMILES string of the molecule is Cc1cc(N2CCCC2)ccc1NC(=O)[C@@H]1CCCN1. The van der Waals surface area contributed by atoms with E-state index >= 15 is 0 Å². The first-order valence-electron chi connectivity index (χ1n) is 7.64. The van der Waals surface area contributed by atoms with Crippen LogP contribution in [0.15, 0.2) is 18.2 Å². The van der Waals surface area contributed by atoms with Crippen molar-refractivity contribution in [2.75, 3.05) is 29.9 Å². The van der Waals surface area contributed by atoms with Crippen LogP contribution in [0.1, 0.15) is 31.2 Å². The fourth-order valence-electron chi connectivity index (χ4n) is 3.09. The van der Waals surface area contributed by atoms with E-state index < -0.39 is 0 Å². The van der Waals surface area contributed by atoms with Crippen LogP contribution < -0.4 is 15.5 Å². The number of carbonyl (C=O) groups excluding carboxylic acids is 1. The summed E-state index contributed by atoms with van der Waals surface area (Å²) in [4.78, 5) is 14.5. The molecule has 3 rings (SSSR count). The molecule has 108 valence electrons. The molecule has 2 aliphatic rings. The van der Waals surface area contributed by atoms with Gasteiger partial charge in [0.05, 0.1) is 6.04 Å². The highest BCUT2D eigenvalue weighted by Crippen LogP contribution is 2.25. The molecule has 4 heteroatoms. The van der Waals surface area contributed by atoms with Crippen molar-refractivity contribution in [3.63, 3.8) is 0 Å². The Morgan fingerprint density at radius 3 is 2.75 bits per heavy atom. The second kappa shape index (κ2) is 5.83. The minimum Gasteiger partial charge on any atom is -0.372 e. The van der Waals surface area contributed by atoms with Gasteiger partial charge in [-0.1, -0.05) is 0 Å². The highest BCUT2D eigenvalue weighted by Gasteiger charge is 2.22. The van der Waals surface area contributed by atoms with E-state index in [0.29, 0.717) is 0 Å². The summed E-state index contributed by atoms with van der Waals surface area (Å²) in [5, 5.41) is 6.28. The minimum atomic E-state index is -0.0207. The molecule has 0 spiro atoms. The van der Waals surface area contributed by atoms with Crippen molar-refractivity contribution in [3.8, 4) is 0 Å². The molecule has 0 radical (unpaired) electrons. The van der Waals surface area contributed by atoms with Gasteiger partial charge in [0, 0.05) is 24.5 Å². The van der Waals surface area contributed by atoms with Crippen LogP contribution in [-0.2, 0) is 4.79 Å². The fraction of sp³-hybridized carbons (Fsp3) is 0.562. The van der Waals surface area contributed by atoms with Crippen LogP contribution in [0, 0.1) is 6.92 Å². The van der Waals surface area contributed by atoms with Crippen molar-refractivity contribution in [1.29, 1.82) is 0 Å². The number of carbonyl (C=O) groups is 1. The smallest absolute Gasteiger partial charge is 0.241 e. The predicted molar refractivity (Wildman–Crippen MR) is 82.3 cm³/mol. The number of aryl methyl sites for hydroxylation is 1. The largest absolute Gasteiger partial charge is 0.372 e. The zero-order valence-electron chi connectivity index (χ0n) is 12.1. The van der Waals surface area contributed by atoms with E-state index in [9.17, 15) is 4.79 Å². The van der Waals surface area contributed by atoms with Crippen molar-refractivity contribution in [2.24, 2.45) is 0 Å². The van der Waals surface area contributed by atoms with Crippen molar-refractivity contribution < 1.29 is 4.79 Å². The van der Waals surface area contributed by atoms with Crippen LogP contribution in [0.2, 0.25) is 0 Å². The number of anilines is 2. The number of hydrogen-bond donors (Lipinski definition) is 2. The quantitative estimate of drug-likeness (QED) is 0.888. The molecule has 0 saturated carbocycles. The number of amides is 1. The number of nitrogens with one attached hydrogen (secondary N) is 2. The lowest BCUT2D eigenvalue weighted by molar-refractivity contribution is -0.117. The Morgan fingerprint density at radius 2 is 2.10 bits per heavy atom. The van der Waals surface area contributed by atoms with Gasteiger partial charge in [0.1, 0.15) is 0 Å². The van der Waals surface area contributed by atoms with E-state index in [1.54, 1.807) is 0 Å². The Balaban J connectivity index is 1.68. The van der Waals surface area contributed by atoms with Gasteiger partial charge in [-0.25, -0.2) is 0 Å². The van der Waals surface area contributed by atoms with E-state index in [1.807, 2.05) is 6.07 Å². The molecule has 2 aliphatic heterocycles. The fourth-order valence-corrected chi connectivity index (χ4v) is 3.09. The first-order valence-corrected chi connectivity index (χ1v) is 7.64. The summed E-state index contributed by atoms with van der Waals surface area (Å²) in [6, 6.07) is 6.32. The second-order valence-corrected chi connectivity index (χ2v) is 5.83. The second-order valence-electron chi connectivity index (χ2n) is 5.83. The number of hydrogen-bond acceptors (Lipinski definition) is 3. The molecule has 0 aromatic heterocycles. The molecule has 2 fully saturated rings. The summed E-state index contributed by atoms with van der Waals surface area (Å²) < 4.78 is 0. The van der Waals surface area contributed by atoms with Gasteiger partial charge in [0.15, 0.2) is 0 Å². The Kier molecular flexibility index (Phi) is 3.92. The molecule has 2 N–H and O–H groups in total. The van der Waals surface area contributed by atoms with Crippen LogP contribution in [-0.4, -0.2) is 31.6 Å². The van der Waals surface area contributed by atoms with Crippen LogP contribution in [0.4, 0.5) is 11.4 Å². The van der Waals surface area contributed by atoms with E-state index in [-0.39, 0.29) is 11.9 Å². The van der Waals surface area contributed by atoms with Gasteiger partial charge < -0.3 is 15.5 Å². The molecule has 2 heterocycles. The zero-order valence-corrected chi connectivity index (χ0v) is 12.1. The van der Waals surface area contributed by atoms with Gasteiger partial charge in [0.25, 0.3) is 0 Å². The van der Waals surface area contributed by atoms with E-state index in [2.05, 4.69) is 34.6 Å². The van der Waals surface area contributed by atoms with Gasteiger partial charge in [-0.05, 0) is 62.9 Å². The summed E-state index contributed by atoms with van der Waals surface area (Å²) >= 11 is 0. The van der Waals surface area contributed by atoms with Gasteiger partial charge in [-0.3, -0.25) is 4.79 Å². The van der Waals surface area contributed by atoms with E-state index in [1.165, 1.54) is 18.5 Å². The molecule has 1 amide bonds. The average Bonchev–Trinajstić information content (AvgIpc) is 3.14. The van der Waals surface area contributed by atoms with E-state index in [0.717, 1.165) is 43.7 Å². The highest BCUT2D eigenvalue weighted by molar-refractivity contribution is 5.95. The third-order valence-corrected chi connectivity index (χ3v) is 4.32. The van der Waals surface area contributed by atoms with Crippen molar-refractivity contribution in [1.82, 2.24) is 5.32 Å². The van der Waals surface area contributed by atoms with Gasteiger partial charge in [0.2, 0.25) is 5.91 Å². The lowest BCUT2D eigenvalue weighted by Crippen LogP contribution is -2.35. The molecular formula is C16H23N3O. The zero-order chi connectivity index (χ0) is 13.9. The van der Waals surface area contributed by atoms with Crippen LogP contribution in [0.5, 0.6) is 0 Å². The molecule has 1 aromatic rings. The first kappa shape index (κ1) is 13.4.